The number of likely N-dealkylation sites (tertiary alicyclic amines) is 1. The fourth-order valence-corrected chi connectivity index (χ4v) is 7.17. The van der Waals surface area contributed by atoms with E-state index in [4.69, 9.17) is 15.9 Å². The largest absolute Gasteiger partial charge is 0.448 e. The molecule has 1 fully saturated rings. The van der Waals surface area contributed by atoms with Gasteiger partial charge in [0.2, 0.25) is 17.8 Å². The minimum Gasteiger partial charge on any atom is -0.448 e. The van der Waals surface area contributed by atoms with E-state index >= 15 is 0 Å². The third kappa shape index (κ3) is 8.18. The molecule has 2 aliphatic rings. The van der Waals surface area contributed by atoms with Gasteiger partial charge in [-0.3, -0.25) is 14.5 Å². The molecule has 1 saturated heterocycles. The maximum Gasteiger partial charge on any atom is 0.410 e. The first-order valence-electron chi connectivity index (χ1n) is 17.9. The number of carbonyl (C=O) groups excluding carboxylic acids is 3. The fraction of sp³-hybridized carbons (Fsp3) is 0.400. The molecule has 2 heterocycles. The molecule has 1 aliphatic carbocycles. The second-order valence-corrected chi connectivity index (χ2v) is 13.6. The number of ether oxygens (including phenoxy) is 2. The van der Waals surface area contributed by atoms with Gasteiger partial charge < -0.3 is 24.6 Å². The van der Waals surface area contributed by atoms with E-state index < -0.39 is 30.2 Å². The lowest BCUT2D eigenvalue weighted by molar-refractivity contribution is -0.142. The van der Waals surface area contributed by atoms with E-state index in [2.05, 4.69) is 38.9 Å². The number of benzene rings is 3. The Bertz CT molecular complexity index is 1900. The lowest BCUT2D eigenvalue weighted by Crippen LogP contribution is -2.58. The summed E-state index contributed by atoms with van der Waals surface area (Å²) in [6.45, 7) is 4.83. The predicted octanol–water partition coefficient (Wildman–Crippen LogP) is 4.09. The SMILES string of the molecule is C#CCO[C@H](C)C(NC(=O)[C@H](C)N(C)C(=O)OCC1c2ccccc2-c2ccccc21)C(=O)N1CCC[C@H]1Cn1nnnc1N(C)Cc1ccccc1. The molecule has 13 nitrogen and oxygen atoms in total. The van der Waals surface area contributed by atoms with Crippen LogP contribution in [0, 0.1) is 12.3 Å². The molecule has 3 amide bonds. The van der Waals surface area contributed by atoms with Gasteiger partial charge in [-0.2, -0.15) is 0 Å². The molecule has 1 unspecified atom stereocenters. The van der Waals surface area contributed by atoms with E-state index in [1.54, 1.807) is 23.4 Å². The Morgan fingerprint density at radius 2 is 1.64 bits per heavy atom. The number of amides is 3. The zero-order valence-corrected chi connectivity index (χ0v) is 30.6. The van der Waals surface area contributed by atoms with Crippen molar-refractivity contribution in [3.8, 4) is 23.5 Å². The third-order valence-electron chi connectivity index (χ3n) is 10.2. The van der Waals surface area contributed by atoms with Crippen molar-refractivity contribution < 1.29 is 23.9 Å². The van der Waals surface area contributed by atoms with Crippen molar-refractivity contribution in [3.63, 3.8) is 0 Å². The zero-order chi connectivity index (χ0) is 37.5. The van der Waals surface area contributed by atoms with E-state index in [-0.39, 0.29) is 31.1 Å². The van der Waals surface area contributed by atoms with Gasteiger partial charge in [0.05, 0.1) is 18.7 Å². The summed E-state index contributed by atoms with van der Waals surface area (Å²) in [4.78, 5) is 46.3. The molecule has 6 rings (SSSR count). The van der Waals surface area contributed by atoms with Crippen molar-refractivity contribution in [1.82, 2.24) is 35.3 Å². The highest BCUT2D eigenvalue weighted by Crippen LogP contribution is 2.44. The first kappa shape index (κ1) is 37.0. The lowest BCUT2D eigenvalue weighted by atomic mass is 9.98. The molecule has 4 atom stereocenters. The van der Waals surface area contributed by atoms with Crippen LogP contribution >= 0.6 is 0 Å². The number of nitrogens with one attached hydrogen (secondary N) is 1. The van der Waals surface area contributed by atoms with E-state index in [0.717, 1.165) is 40.7 Å². The van der Waals surface area contributed by atoms with Crippen molar-refractivity contribution in [2.24, 2.45) is 0 Å². The first-order chi connectivity index (χ1) is 25.7. The van der Waals surface area contributed by atoms with Crippen LogP contribution in [0.3, 0.4) is 0 Å². The summed E-state index contributed by atoms with van der Waals surface area (Å²) in [5.41, 5.74) is 5.54. The summed E-state index contributed by atoms with van der Waals surface area (Å²) in [5, 5.41) is 15.3. The van der Waals surface area contributed by atoms with Crippen LogP contribution in [0.25, 0.3) is 11.1 Å². The maximum absolute atomic E-state index is 14.3. The van der Waals surface area contributed by atoms with Crippen molar-refractivity contribution in [2.75, 3.05) is 38.8 Å². The van der Waals surface area contributed by atoms with Crippen LogP contribution in [-0.2, 0) is 32.2 Å². The van der Waals surface area contributed by atoms with Gasteiger partial charge in [-0.15, -0.1) is 6.42 Å². The van der Waals surface area contributed by atoms with Gasteiger partial charge in [0.15, 0.2) is 0 Å². The van der Waals surface area contributed by atoms with Crippen LogP contribution in [0.2, 0.25) is 0 Å². The Hall–Kier alpha value is -5.74. The number of tetrazole rings is 1. The Morgan fingerprint density at radius 1 is 0.981 bits per heavy atom. The van der Waals surface area contributed by atoms with Crippen molar-refractivity contribution in [2.45, 2.75) is 69.9 Å². The molecular weight excluding hydrogens is 672 g/mol. The molecule has 0 saturated carbocycles. The van der Waals surface area contributed by atoms with Crippen molar-refractivity contribution >= 4 is 23.9 Å². The normalized spacial score (nSPS) is 16.5. The van der Waals surface area contributed by atoms with Gasteiger partial charge in [0, 0.05) is 33.1 Å². The highest BCUT2D eigenvalue weighted by molar-refractivity contribution is 5.91. The van der Waals surface area contributed by atoms with Gasteiger partial charge in [-0.05, 0) is 64.9 Å². The number of hydrogen-bond donors (Lipinski definition) is 1. The van der Waals surface area contributed by atoms with E-state index in [9.17, 15) is 14.4 Å². The number of aromatic nitrogens is 4. The maximum atomic E-state index is 14.3. The van der Waals surface area contributed by atoms with Gasteiger partial charge in [-0.25, -0.2) is 9.48 Å². The first-order valence-corrected chi connectivity index (χ1v) is 17.9. The van der Waals surface area contributed by atoms with E-state index in [1.165, 1.54) is 11.9 Å². The summed E-state index contributed by atoms with van der Waals surface area (Å²) < 4.78 is 13.3. The van der Waals surface area contributed by atoms with Crippen LogP contribution < -0.4 is 10.2 Å². The standard InChI is InChI=1S/C40H46N8O5/c1-6-23-52-28(3)36(38(50)47-22-14-17-30(47)25-48-39(42-43-44-48)45(4)24-29-15-8-7-9-16-29)41-37(49)27(2)46(5)40(51)53-26-35-33-20-12-10-18-31(33)32-19-11-13-21-34(32)35/h1,7-13,15-16,18-21,27-28,30,35-36H,14,17,22-26H2,2-5H3,(H,41,49)/t27-,28+,30-,36?/m0/s1. The lowest BCUT2D eigenvalue weighted by Gasteiger charge is -2.33. The van der Waals surface area contributed by atoms with Crippen LogP contribution in [0.1, 0.15) is 49.3 Å². The number of likely N-dealkylation sites (N-methyl/N-ethyl adjacent to an activating group) is 1. The molecule has 4 aromatic rings. The van der Waals surface area contributed by atoms with Crippen LogP contribution in [0.4, 0.5) is 10.7 Å². The number of rotatable bonds is 14. The predicted molar refractivity (Wildman–Crippen MR) is 200 cm³/mol. The number of anilines is 1. The molecule has 276 valence electrons. The number of carbonyl (C=O) groups is 3. The molecule has 0 spiro atoms. The van der Waals surface area contributed by atoms with Gasteiger partial charge >= 0.3 is 6.09 Å². The highest BCUT2D eigenvalue weighted by Gasteiger charge is 2.39. The Balaban J connectivity index is 1.10. The zero-order valence-electron chi connectivity index (χ0n) is 30.6. The molecule has 1 aromatic heterocycles. The summed E-state index contributed by atoms with van der Waals surface area (Å²) in [7, 11) is 3.43. The minimum atomic E-state index is -1.07. The molecule has 0 bridgehead atoms. The Labute approximate surface area is 310 Å². The molecule has 53 heavy (non-hydrogen) atoms. The highest BCUT2D eigenvalue weighted by atomic mass is 16.6. The molecule has 3 aromatic carbocycles. The Kier molecular flexibility index (Phi) is 11.7. The van der Waals surface area contributed by atoms with Crippen LogP contribution in [-0.4, -0.2) is 106 Å². The third-order valence-corrected chi connectivity index (χ3v) is 10.2. The van der Waals surface area contributed by atoms with Gasteiger partial charge in [-0.1, -0.05) is 89.9 Å². The number of fused-ring (bicyclic) bond motifs is 3. The molecular formula is C40H46N8O5. The quantitative estimate of drug-likeness (QED) is 0.191. The summed E-state index contributed by atoms with van der Waals surface area (Å²) in [6, 6.07) is 23.9. The van der Waals surface area contributed by atoms with Crippen LogP contribution in [0.15, 0.2) is 78.9 Å². The average molecular weight is 719 g/mol. The molecule has 1 aliphatic heterocycles. The molecule has 0 radical (unpaired) electrons. The van der Waals surface area contributed by atoms with Gasteiger partial charge in [0.25, 0.3) is 0 Å². The minimum absolute atomic E-state index is 0.0405. The van der Waals surface area contributed by atoms with E-state index in [1.807, 2.05) is 78.7 Å². The van der Waals surface area contributed by atoms with Crippen LogP contribution in [0.5, 0.6) is 0 Å². The second kappa shape index (κ2) is 16.7. The smallest absolute Gasteiger partial charge is 0.410 e. The van der Waals surface area contributed by atoms with Gasteiger partial charge in [0.1, 0.15) is 25.3 Å². The monoisotopic (exact) mass is 718 g/mol. The number of hydrogen-bond acceptors (Lipinski definition) is 9. The molecule has 1 N–H and O–H groups in total. The summed E-state index contributed by atoms with van der Waals surface area (Å²) in [6.07, 6.45) is 5.57. The van der Waals surface area contributed by atoms with Crippen molar-refractivity contribution in [1.29, 1.82) is 0 Å². The number of nitrogens with zero attached hydrogens (tertiary/aromatic N) is 7. The fourth-order valence-electron chi connectivity index (χ4n) is 7.17. The Morgan fingerprint density at radius 3 is 2.32 bits per heavy atom. The topological polar surface area (TPSA) is 135 Å². The molecule has 13 heteroatoms. The average Bonchev–Trinajstić information content (AvgIpc) is 3.92. The van der Waals surface area contributed by atoms with E-state index in [0.29, 0.717) is 25.6 Å². The second-order valence-electron chi connectivity index (χ2n) is 13.6. The summed E-state index contributed by atoms with van der Waals surface area (Å²) in [5.74, 6) is 2.05. The summed E-state index contributed by atoms with van der Waals surface area (Å²) >= 11 is 0. The number of terminal acetylenes is 1. The van der Waals surface area contributed by atoms with Crippen molar-refractivity contribution in [3.05, 3.63) is 95.6 Å².